The molecule has 3 rings (SSSR count). The molecule has 2 aromatic rings. The summed E-state index contributed by atoms with van der Waals surface area (Å²) in [7, 11) is 0. The van der Waals surface area contributed by atoms with Crippen molar-refractivity contribution in [1.82, 2.24) is 0 Å². The van der Waals surface area contributed by atoms with Crippen molar-refractivity contribution in [3.63, 3.8) is 0 Å². The number of rotatable bonds is 3. The minimum absolute atomic E-state index is 0.110. The molecule has 2 aromatic carbocycles. The fourth-order valence-electron chi connectivity index (χ4n) is 2.25. The molecule has 1 heterocycles. The summed E-state index contributed by atoms with van der Waals surface area (Å²) in [6, 6.07) is 16.3. The molecule has 92 valence electrons. The third-order valence-corrected chi connectivity index (χ3v) is 3.14. The largest absolute Gasteiger partial charge is 0.486 e. The van der Waals surface area contributed by atoms with Gasteiger partial charge in [0.2, 0.25) is 0 Å². The molecule has 0 saturated carbocycles. The van der Waals surface area contributed by atoms with Crippen LogP contribution in [0.5, 0.6) is 5.75 Å². The molecule has 3 N–H and O–H groups in total. The molecule has 0 bridgehead atoms. The highest BCUT2D eigenvalue weighted by Crippen LogP contribution is 2.37. The average Bonchev–Trinajstić information content (AvgIpc) is 2.84. The van der Waals surface area contributed by atoms with Gasteiger partial charge in [0.25, 0.3) is 0 Å². The van der Waals surface area contributed by atoms with Gasteiger partial charge in [0, 0.05) is 24.2 Å². The molecule has 0 radical (unpaired) electrons. The van der Waals surface area contributed by atoms with E-state index in [0.29, 0.717) is 6.54 Å². The number of para-hydroxylation sites is 2. The Morgan fingerprint density at radius 3 is 2.72 bits per heavy atom. The van der Waals surface area contributed by atoms with Gasteiger partial charge in [-0.05, 0) is 18.2 Å². The molecule has 18 heavy (non-hydrogen) atoms. The van der Waals surface area contributed by atoms with E-state index in [-0.39, 0.29) is 6.10 Å². The highest BCUT2D eigenvalue weighted by Gasteiger charge is 2.23. The van der Waals surface area contributed by atoms with Crippen LogP contribution in [-0.4, -0.2) is 12.6 Å². The molecule has 0 fully saturated rings. The summed E-state index contributed by atoms with van der Waals surface area (Å²) in [5.74, 6) is 0.941. The Bertz CT molecular complexity index is 539. The van der Waals surface area contributed by atoms with E-state index in [1.807, 2.05) is 42.5 Å². The SMILES string of the molecule is NCC1Cc2cccc(Nc3ccccc3)c2O1. The van der Waals surface area contributed by atoms with E-state index in [1.54, 1.807) is 0 Å². The molecule has 0 spiro atoms. The molecular formula is C15H16N2O. The van der Waals surface area contributed by atoms with Gasteiger partial charge in [0.05, 0.1) is 5.69 Å². The quantitative estimate of drug-likeness (QED) is 0.867. The first kappa shape index (κ1) is 11.1. The summed E-state index contributed by atoms with van der Waals surface area (Å²) in [6.07, 6.45) is 1.01. The minimum Gasteiger partial charge on any atom is -0.486 e. The summed E-state index contributed by atoms with van der Waals surface area (Å²) in [5.41, 5.74) is 8.97. The fourth-order valence-corrected chi connectivity index (χ4v) is 2.25. The summed E-state index contributed by atoms with van der Waals surface area (Å²) in [4.78, 5) is 0. The summed E-state index contributed by atoms with van der Waals surface area (Å²) in [5, 5.41) is 3.38. The number of nitrogens with two attached hydrogens (primary N) is 1. The van der Waals surface area contributed by atoms with Gasteiger partial charge in [0.15, 0.2) is 0 Å². The molecule has 0 saturated heterocycles. The van der Waals surface area contributed by atoms with E-state index in [1.165, 1.54) is 5.56 Å². The van der Waals surface area contributed by atoms with Crippen LogP contribution < -0.4 is 15.8 Å². The summed E-state index contributed by atoms with van der Waals surface area (Å²) >= 11 is 0. The standard InChI is InChI=1S/C15H16N2O/c16-10-13-9-11-5-4-8-14(15(11)18-13)17-12-6-2-1-3-7-12/h1-8,13,17H,9-10,16H2. The second kappa shape index (κ2) is 4.70. The highest BCUT2D eigenvalue weighted by molar-refractivity contribution is 5.69. The zero-order valence-corrected chi connectivity index (χ0v) is 10.1. The van der Waals surface area contributed by atoms with Crippen LogP contribution in [-0.2, 0) is 6.42 Å². The Labute approximate surface area is 107 Å². The first-order valence-electron chi connectivity index (χ1n) is 6.17. The predicted molar refractivity (Wildman–Crippen MR) is 73.3 cm³/mol. The van der Waals surface area contributed by atoms with Crippen molar-refractivity contribution in [2.45, 2.75) is 12.5 Å². The molecule has 1 atom stereocenters. The van der Waals surface area contributed by atoms with E-state index >= 15 is 0 Å². The Kier molecular flexibility index (Phi) is 2.90. The van der Waals surface area contributed by atoms with Gasteiger partial charge in [-0.3, -0.25) is 0 Å². The predicted octanol–water partition coefficient (Wildman–Crippen LogP) is 2.69. The van der Waals surface area contributed by atoms with Crippen LogP contribution in [0.3, 0.4) is 0 Å². The molecule has 1 unspecified atom stereocenters. The second-order valence-electron chi connectivity index (χ2n) is 4.46. The van der Waals surface area contributed by atoms with Crippen molar-refractivity contribution in [2.24, 2.45) is 5.73 Å². The maximum absolute atomic E-state index is 5.87. The molecule has 0 aromatic heterocycles. The van der Waals surface area contributed by atoms with Gasteiger partial charge >= 0.3 is 0 Å². The lowest BCUT2D eigenvalue weighted by atomic mass is 10.1. The Morgan fingerprint density at radius 2 is 1.94 bits per heavy atom. The van der Waals surface area contributed by atoms with E-state index in [0.717, 1.165) is 23.5 Å². The Balaban J connectivity index is 1.89. The summed E-state index contributed by atoms with van der Waals surface area (Å²) < 4.78 is 5.87. The third-order valence-electron chi connectivity index (χ3n) is 3.14. The molecule has 1 aliphatic heterocycles. The summed E-state index contributed by atoms with van der Waals surface area (Å²) in [6.45, 7) is 0.555. The normalized spacial score (nSPS) is 17.1. The van der Waals surface area contributed by atoms with Crippen LogP contribution >= 0.6 is 0 Å². The average molecular weight is 240 g/mol. The number of ether oxygens (including phenoxy) is 1. The third kappa shape index (κ3) is 2.05. The van der Waals surface area contributed by atoms with E-state index in [9.17, 15) is 0 Å². The van der Waals surface area contributed by atoms with Gasteiger partial charge in [-0.2, -0.15) is 0 Å². The Hall–Kier alpha value is -2.00. The zero-order chi connectivity index (χ0) is 12.4. The van der Waals surface area contributed by atoms with E-state index in [4.69, 9.17) is 10.5 Å². The van der Waals surface area contributed by atoms with Crippen molar-refractivity contribution >= 4 is 11.4 Å². The van der Waals surface area contributed by atoms with Crippen LogP contribution in [0.1, 0.15) is 5.56 Å². The van der Waals surface area contributed by atoms with Gasteiger partial charge in [0.1, 0.15) is 11.9 Å². The molecule has 1 aliphatic rings. The zero-order valence-electron chi connectivity index (χ0n) is 10.1. The molecule has 0 amide bonds. The molecule has 3 heteroatoms. The molecular weight excluding hydrogens is 224 g/mol. The van der Waals surface area contributed by atoms with E-state index in [2.05, 4.69) is 11.4 Å². The Morgan fingerprint density at radius 1 is 1.11 bits per heavy atom. The molecule has 0 aliphatic carbocycles. The van der Waals surface area contributed by atoms with Crippen LogP contribution in [0.25, 0.3) is 0 Å². The lowest BCUT2D eigenvalue weighted by molar-refractivity contribution is 0.242. The van der Waals surface area contributed by atoms with Crippen LogP contribution in [0.2, 0.25) is 0 Å². The smallest absolute Gasteiger partial charge is 0.146 e. The lowest BCUT2D eigenvalue weighted by Crippen LogP contribution is -2.24. The second-order valence-corrected chi connectivity index (χ2v) is 4.46. The van der Waals surface area contributed by atoms with Gasteiger partial charge in [-0.1, -0.05) is 30.3 Å². The monoisotopic (exact) mass is 240 g/mol. The van der Waals surface area contributed by atoms with Crippen molar-refractivity contribution in [2.75, 3.05) is 11.9 Å². The van der Waals surface area contributed by atoms with Gasteiger partial charge in [-0.25, -0.2) is 0 Å². The number of nitrogens with one attached hydrogen (secondary N) is 1. The number of fused-ring (bicyclic) bond motifs is 1. The van der Waals surface area contributed by atoms with Crippen molar-refractivity contribution < 1.29 is 4.74 Å². The number of anilines is 2. The first-order chi connectivity index (χ1) is 8.86. The van der Waals surface area contributed by atoms with Crippen molar-refractivity contribution in [3.05, 3.63) is 54.1 Å². The maximum atomic E-state index is 5.87. The van der Waals surface area contributed by atoms with Crippen LogP contribution in [0.15, 0.2) is 48.5 Å². The number of benzene rings is 2. The van der Waals surface area contributed by atoms with Gasteiger partial charge in [-0.15, -0.1) is 0 Å². The highest BCUT2D eigenvalue weighted by atomic mass is 16.5. The minimum atomic E-state index is 0.110. The number of hydrogen-bond donors (Lipinski definition) is 2. The van der Waals surface area contributed by atoms with Crippen LogP contribution in [0.4, 0.5) is 11.4 Å². The maximum Gasteiger partial charge on any atom is 0.146 e. The van der Waals surface area contributed by atoms with E-state index < -0.39 is 0 Å². The van der Waals surface area contributed by atoms with Crippen LogP contribution in [0, 0.1) is 0 Å². The lowest BCUT2D eigenvalue weighted by Gasteiger charge is -2.12. The van der Waals surface area contributed by atoms with Crippen molar-refractivity contribution in [3.8, 4) is 5.75 Å². The molecule has 3 nitrogen and oxygen atoms in total. The van der Waals surface area contributed by atoms with Gasteiger partial charge < -0.3 is 15.8 Å². The fraction of sp³-hybridized carbons (Fsp3) is 0.200. The topological polar surface area (TPSA) is 47.3 Å². The number of hydrogen-bond acceptors (Lipinski definition) is 3. The van der Waals surface area contributed by atoms with Crippen molar-refractivity contribution in [1.29, 1.82) is 0 Å². The first-order valence-corrected chi connectivity index (χ1v) is 6.17.